The molecular weight excluding hydrogens is 196 g/mol. The van der Waals surface area contributed by atoms with E-state index in [1.54, 1.807) is 0 Å². The lowest BCUT2D eigenvalue weighted by molar-refractivity contribution is -0.143. The van der Waals surface area contributed by atoms with Crippen LogP contribution in [0, 0.1) is 0 Å². The summed E-state index contributed by atoms with van der Waals surface area (Å²) in [5.41, 5.74) is 0. The van der Waals surface area contributed by atoms with Crippen molar-refractivity contribution < 1.29 is 19.0 Å². The Kier molecular flexibility index (Phi) is 2.56. The second-order valence-electron chi connectivity index (χ2n) is 4.40. The van der Waals surface area contributed by atoms with Crippen LogP contribution in [-0.4, -0.2) is 24.0 Å². The summed E-state index contributed by atoms with van der Waals surface area (Å²) in [5, 5.41) is 0. The van der Waals surface area contributed by atoms with E-state index in [4.69, 9.17) is 14.2 Å². The Morgan fingerprint density at radius 2 is 2.27 bits per heavy atom. The Hall–Kier alpha value is -0.870. The molecule has 2 atom stereocenters. The topological polar surface area (TPSA) is 44.8 Å². The lowest BCUT2D eigenvalue weighted by Crippen LogP contribution is -2.25. The fraction of sp³-hybridized carbons (Fsp3) is 0.727. The number of rotatable bonds is 1. The molecule has 0 amide bonds. The lowest BCUT2D eigenvalue weighted by Gasteiger charge is -2.20. The summed E-state index contributed by atoms with van der Waals surface area (Å²) in [6.07, 6.45) is 3.44. The van der Waals surface area contributed by atoms with Crippen LogP contribution in [-0.2, 0) is 19.0 Å². The van der Waals surface area contributed by atoms with E-state index in [0.29, 0.717) is 5.76 Å². The van der Waals surface area contributed by atoms with Gasteiger partial charge in [0.2, 0.25) is 0 Å². The molecular formula is C11H16O4. The van der Waals surface area contributed by atoms with Crippen molar-refractivity contribution >= 4 is 5.97 Å². The molecule has 1 saturated heterocycles. The van der Waals surface area contributed by atoms with Crippen LogP contribution in [0.2, 0.25) is 0 Å². The SMILES string of the molecule is CC(=O)OC1=CC2OC(C)(C)OC2CC1. The zero-order valence-corrected chi connectivity index (χ0v) is 9.28. The quantitative estimate of drug-likeness (QED) is 0.621. The van der Waals surface area contributed by atoms with Gasteiger partial charge in [-0.25, -0.2) is 0 Å². The summed E-state index contributed by atoms with van der Waals surface area (Å²) < 4.78 is 16.4. The van der Waals surface area contributed by atoms with Crippen LogP contribution < -0.4 is 0 Å². The molecule has 4 nitrogen and oxygen atoms in total. The number of hydrogen-bond donors (Lipinski definition) is 0. The Labute approximate surface area is 89.2 Å². The van der Waals surface area contributed by atoms with E-state index in [-0.39, 0.29) is 18.2 Å². The summed E-state index contributed by atoms with van der Waals surface area (Å²) in [4.78, 5) is 10.8. The standard InChI is InChI=1S/C11H16O4/c1-7(12)13-8-4-5-9-10(6-8)15-11(2,3)14-9/h6,9-10H,4-5H2,1-3H3. The van der Waals surface area contributed by atoms with E-state index >= 15 is 0 Å². The first-order valence-corrected chi connectivity index (χ1v) is 5.21. The first-order chi connectivity index (χ1) is 6.96. The van der Waals surface area contributed by atoms with E-state index in [1.807, 2.05) is 19.9 Å². The second kappa shape index (κ2) is 3.61. The third kappa shape index (κ3) is 2.38. The number of hydrogen-bond acceptors (Lipinski definition) is 4. The van der Waals surface area contributed by atoms with Crippen molar-refractivity contribution in [1.82, 2.24) is 0 Å². The fourth-order valence-electron chi connectivity index (χ4n) is 2.05. The van der Waals surface area contributed by atoms with Gasteiger partial charge in [0.05, 0.1) is 6.10 Å². The van der Waals surface area contributed by atoms with Crippen LogP contribution in [0.15, 0.2) is 11.8 Å². The van der Waals surface area contributed by atoms with Crippen molar-refractivity contribution in [3.63, 3.8) is 0 Å². The Morgan fingerprint density at radius 1 is 1.53 bits per heavy atom. The zero-order valence-electron chi connectivity index (χ0n) is 9.28. The molecule has 0 aromatic rings. The van der Waals surface area contributed by atoms with Gasteiger partial charge in [0.15, 0.2) is 5.79 Å². The number of carbonyl (C=O) groups is 1. The van der Waals surface area contributed by atoms with Crippen molar-refractivity contribution in [2.45, 2.75) is 51.6 Å². The monoisotopic (exact) mass is 212 g/mol. The van der Waals surface area contributed by atoms with E-state index in [0.717, 1.165) is 12.8 Å². The summed E-state index contributed by atoms with van der Waals surface area (Å²) >= 11 is 0. The molecule has 4 heteroatoms. The molecule has 84 valence electrons. The van der Waals surface area contributed by atoms with Gasteiger partial charge >= 0.3 is 5.97 Å². The largest absolute Gasteiger partial charge is 0.432 e. The maximum atomic E-state index is 10.8. The molecule has 0 spiro atoms. The molecule has 15 heavy (non-hydrogen) atoms. The third-order valence-electron chi connectivity index (χ3n) is 2.52. The molecule has 0 bridgehead atoms. The van der Waals surface area contributed by atoms with Gasteiger partial charge < -0.3 is 14.2 Å². The number of fused-ring (bicyclic) bond motifs is 1. The van der Waals surface area contributed by atoms with Crippen LogP contribution >= 0.6 is 0 Å². The minimum Gasteiger partial charge on any atom is -0.432 e. The lowest BCUT2D eigenvalue weighted by atomic mass is 10.0. The molecule has 0 saturated carbocycles. The number of allylic oxidation sites excluding steroid dienone is 1. The molecule has 1 heterocycles. The molecule has 2 aliphatic rings. The van der Waals surface area contributed by atoms with Gasteiger partial charge in [0.25, 0.3) is 0 Å². The van der Waals surface area contributed by atoms with E-state index in [2.05, 4.69) is 0 Å². The zero-order chi connectivity index (χ0) is 11.1. The van der Waals surface area contributed by atoms with Gasteiger partial charge in [0.1, 0.15) is 11.9 Å². The smallest absolute Gasteiger partial charge is 0.307 e. The molecule has 1 aliphatic heterocycles. The summed E-state index contributed by atoms with van der Waals surface area (Å²) in [7, 11) is 0. The Balaban J connectivity index is 2.06. The van der Waals surface area contributed by atoms with Crippen LogP contribution in [0.3, 0.4) is 0 Å². The maximum absolute atomic E-state index is 10.8. The highest BCUT2D eigenvalue weighted by molar-refractivity contribution is 5.67. The fourth-order valence-corrected chi connectivity index (χ4v) is 2.05. The molecule has 0 aromatic heterocycles. The minimum atomic E-state index is -0.530. The first-order valence-electron chi connectivity index (χ1n) is 5.21. The molecule has 2 unspecified atom stereocenters. The van der Waals surface area contributed by atoms with Gasteiger partial charge in [-0.2, -0.15) is 0 Å². The molecule has 0 radical (unpaired) electrons. The van der Waals surface area contributed by atoms with Gasteiger partial charge in [-0.15, -0.1) is 0 Å². The Morgan fingerprint density at radius 3 is 2.93 bits per heavy atom. The van der Waals surface area contributed by atoms with Crippen LogP contribution in [0.25, 0.3) is 0 Å². The number of esters is 1. The van der Waals surface area contributed by atoms with Gasteiger partial charge in [-0.3, -0.25) is 4.79 Å². The summed E-state index contributed by atoms with van der Waals surface area (Å²) in [5.74, 6) is -0.111. The average molecular weight is 212 g/mol. The molecule has 2 rings (SSSR count). The van der Waals surface area contributed by atoms with E-state index in [1.165, 1.54) is 6.92 Å². The highest BCUT2D eigenvalue weighted by Crippen LogP contribution is 2.35. The van der Waals surface area contributed by atoms with Crippen LogP contribution in [0.5, 0.6) is 0 Å². The average Bonchev–Trinajstić information content (AvgIpc) is 2.36. The predicted molar refractivity (Wildman–Crippen MR) is 52.9 cm³/mol. The molecule has 1 aliphatic carbocycles. The predicted octanol–water partition coefficient (Wildman–Crippen LogP) is 1.75. The van der Waals surface area contributed by atoms with E-state index < -0.39 is 5.79 Å². The van der Waals surface area contributed by atoms with Gasteiger partial charge in [0, 0.05) is 13.3 Å². The summed E-state index contributed by atoms with van der Waals surface area (Å²) in [6.45, 7) is 5.19. The Bertz CT molecular complexity index is 306. The van der Waals surface area contributed by atoms with Gasteiger partial charge in [-0.1, -0.05) is 0 Å². The van der Waals surface area contributed by atoms with E-state index in [9.17, 15) is 4.79 Å². The second-order valence-corrected chi connectivity index (χ2v) is 4.40. The number of ether oxygens (including phenoxy) is 3. The highest BCUT2D eigenvalue weighted by Gasteiger charge is 2.42. The van der Waals surface area contributed by atoms with Gasteiger partial charge in [-0.05, 0) is 26.3 Å². The number of carbonyl (C=O) groups excluding carboxylic acids is 1. The van der Waals surface area contributed by atoms with Crippen molar-refractivity contribution in [2.24, 2.45) is 0 Å². The highest BCUT2D eigenvalue weighted by atomic mass is 16.7. The van der Waals surface area contributed by atoms with Crippen molar-refractivity contribution in [2.75, 3.05) is 0 Å². The third-order valence-corrected chi connectivity index (χ3v) is 2.52. The normalized spacial score (nSPS) is 33.1. The summed E-state index contributed by atoms with van der Waals surface area (Å²) in [6, 6.07) is 0. The minimum absolute atomic E-state index is 0.0805. The van der Waals surface area contributed by atoms with Crippen LogP contribution in [0.4, 0.5) is 0 Å². The molecule has 1 fully saturated rings. The maximum Gasteiger partial charge on any atom is 0.307 e. The first kappa shape index (κ1) is 10.6. The molecule has 0 N–H and O–H groups in total. The van der Waals surface area contributed by atoms with Crippen molar-refractivity contribution in [3.05, 3.63) is 11.8 Å². The van der Waals surface area contributed by atoms with Crippen LogP contribution in [0.1, 0.15) is 33.6 Å². The molecule has 0 aromatic carbocycles. The van der Waals surface area contributed by atoms with Crippen molar-refractivity contribution in [3.8, 4) is 0 Å². The van der Waals surface area contributed by atoms with Crippen molar-refractivity contribution in [1.29, 1.82) is 0 Å².